The number of hydrogen-bond acceptors (Lipinski definition) is 3. The summed E-state index contributed by atoms with van der Waals surface area (Å²) < 4.78 is 19.7. The fourth-order valence-electron chi connectivity index (χ4n) is 4.30. The van der Waals surface area contributed by atoms with Crippen molar-refractivity contribution in [1.82, 2.24) is 5.01 Å². The molecule has 24 heavy (non-hydrogen) atoms. The molecule has 0 saturated heterocycles. The second kappa shape index (κ2) is 5.07. The van der Waals surface area contributed by atoms with Gasteiger partial charge >= 0.3 is 0 Å². The van der Waals surface area contributed by atoms with Crippen LogP contribution < -0.4 is 4.74 Å². The van der Waals surface area contributed by atoms with E-state index in [2.05, 4.69) is 23.2 Å². The molecule has 2 aromatic rings. The van der Waals surface area contributed by atoms with Gasteiger partial charge in [0.2, 0.25) is 0 Å². The molecule has 2 aromatic carbocycles. The SMILES string of the molecule is Fc1ccc(C2=NN3[C@@H](C2)c2ccccc2OC32CCCC2)cc1. The average molecular weight is 322 g/mol. The Morgan fingerprint density at radius 2 is 1.79 bits per heavy atom. The van der Waals surface area contributed by atoms with Crippen molar-refractivity contribution in [1.29, 1.82) is 0 Å². The summed E-state index contributed by atoms with van der Waals surface area (Å²) in [7, 11) is 0. The summed E-state index contributed by atoms with van der Waals surface area (Å²) in [6.07, 6.45) is 5.21. The summed E-state index contributed by atoms with van der Waals surface area (Å²) in [5.74, 6) is 0.784. The van der Waals surface area contributed by atoms with Crippen LogP contribution in [0.3, 0.4) is 0 Å². The van der Waals surface area contributed by atoms with Crippen LogP contribution in [0, 0.1) is 5.82 Å². The number of nitrogens with zero attached hydrogens (tertiary/aromatic N) is 2. The van der Waals surface area contributed by atoms with Crippen molar-refractivity contribution < 1.29 is 9.13 Å². The van der Waals surface area contributed by atoms with Crippen LogP contribution in [-0.4, -0.2) is 16.4 Å². The number of hydrogen-bond donors (Lipinski definition) is 0. The van der Waals surface area contributed by atoms with Gasteiger partial charge in [-0.1, -0.05) is 30.3 Å². The standard InChI is InChI=1S/C20H19FN2O/c21-15-9-7-14(8-10-15)17-13-18-16-5-1-2-6-19(16)24-20(23(18)22-17)11-3-4-12-20/h1-2,5-10,18H,3-4,11-13H2/t18-/m0/s1. The van der Waals surface area contributed by atoms with Crippen LogP contribution in [0.15, 0.2) is 53.6 Å². The first-order valence-corrected chi connectivity index (χ1v) is 8.66. The van der Waals surface area contributed by atoms with E-state index in [0.29, 0.717) is 0 Å². The largest absolute Gasteiger partial charge is 0.466 e. The van der Waals surface area contributed by atoms with Gasteiger partial charge in [0, 0.05) is 24.8 Å². The topological polar surface area (TPSA) is 24.8 Å². The lowest BCUT2D eigenvalue weighted by Gasteiger charge is -2.45. The molecule has 0 amide bonds. The van der Waals surface area contributed by atoms with E-state index < -0.39 is 0 Å². The van der Waals surface area contributed by atoms with Crippen molar-refractivity contribution in [2.75, 3.05) is 0 Å². The fourth-order valence-corrected chi connectivity index (χ4v) is 4.30. The molecule has 2 heterocycles. The number of halogens is 1. The average Bonchev–Trinajstić information content (AvgIpc) is 3.24. The molecule has 2 aliphatic heterocycles. The van der Waals surface area contributed by atoms with Gasteiger partial charge in [0.1, 0.15) is 11.6 Å². The van der Waals surface area contributed by atoms with Crippen molar-refractivity contribution >= 4 is 5.71 Å². The quantitative estimate of drug-likeness (QED) is 0.764. The Hall–Kier alpha value is -2.36. The highest BCUT2D eigenvalue weighted by Gasteiger charge is 2.51. The number of hydrazone groups is 1. The molecule has 0 radical (unpaired) electrons. The summed E-state index contributed by atoms with van der Waals surface area (Å²) in [6.45, 7) is 0. The molecule has 122 valence electrons. The van der Waals surface area contributed by atoms with Gasteiger partial charge in [-0.15, -0.1) is 0 Å². The normalized spacial score (nSPS) is 23.6. The summed E-state index contributed by atoms with van der Waals surface area (Å²) in [5, 5.41) is 7.14. The van der Waals surface area contributed by atoms with Gasteiger partial charge in [0.05, 0.1) is 11.8 Å². The van der Waals surface area contributed by atoms with Crippen LogP contribution in [0.5, 0.6) is 5.75 Å². The van der Waals surface area contributed by atoms with Crippen molar-refractivity contribution in [3.63, 3.8) is 0 Å². The molecule has 0 unspecified atom stereocenters. The zero-order valence-corrected chi connectivity index (χ0v) is 13.4. The molecular formula is C20H19FN2O. The number of ether oxygens (including phenoxy) is 1. The third kappa shape index (κ3) is 1.98. The maximum atomic E-state index is 13.2. The zero-order chi connectivity index (χ0) is 16.1. The number of rotatable bonds is 1. The maximum Gasteiger partial charge on any atom is 0.198 e. The molecule has 1 saturated carbocycles. The molecule has 0 N–H and O–H groups in total. The number of fused-ring (bicyclic) bond motifs is 4. The minimum absolute atomic E-state index is 0.212. The molecule has 1 spiro atoms. The Morgan fingerprint density at radius 3 is 2.58 bits per heavy atom. The van der Waals surface area contributed by atoms with Gasteiger partial charge in [0.25, 0.3) is 0 Å². The van der Waals surface area contributed by atoms with Crippen molar-refractivity contribution in [2.45, 2.75) is 43.9 Å². The Kier molecular flexibility index (Phi) is 2.96. The van der Waals surface area contributed by atoms with E-state index in [9.17, 15) is 4.39 Å². The van der Waals surface area contributed by atoms with E-state index in [1.807, 2.05) is 18.2 Å². The lowest BCUT2D eigenvalue weighted by Crippen LogP contribution is -2.51. The van der Waals surface area contributed by atoms with Gasteiger partial charge < -0.3 is 4.74 Å². The lowest BCUT2D eigenvalue weighted by molar-refractivity contribution is -0.114. The zero-order valence-electron chi connectivity index (χ0n) is 13.4. The molecule has 5 rings (SSSR count). The highest BCUT2D eigenvalue weighted by Crippen LogP contribution is 2.51. The van der Waals surface area contributed by atoms with E-state index in [4.69, 9.17) is 9.84 Å². The first kappa shape index (κ1) is 14.0. The Morgan fingerprint density at radius 1 is 1.04 bits per heavy atom. The van der Waals surface area contributed by atoms with Crippen LogP contribution in [0.25, 0.3) is 0 Å². The van der Waals surface area contributed by atoms with Crippen LogP contribution >= 0.6 is 0 Å². The smallest absolute Gasteiger partial charge is 0.198 e. The predicted octanol–water partition coefficient (Wildman–Crippen LogP) is 4.64. The van der Waals surface area contributed by atoms with Gasteiger partial charge in [-0.25, -0.2) is 9.40 Å². The van der Waals surface area contributed by atoms with Crippen molar-refractivity contribution in [2.24, 2.45) is 5.10 Å². The molecule has 3 nitrogen and oxygen atoms in total. The van der Waals surface area contributed by atoms with E-state index in [-0.39, 0.29) is 17.6 Å². The van der Waals surface area contributed by atoms with Crippen molar-refractivity contribution in [3.8, 4) is 5.75 Å². The molecule has 3 aliphatic rings. The second-order valence-electron chi connectivity index (χ2n) is 6.91. The van der Waals surface area contributed by atoms with Crippen molar-refractivity contribution in [3.05, 3.63) is 65.5 Å². The Bertz CT molecular complexity index is 809. The Balaban J connectivity index is 1.59. The third-order valence-corrected chi connectivity index (χ3v) is 5.47. The van der Waals surface area contributed by atoms with Crippen LogP contribution in [0.2, 0.25) is 0 Å². The minimum atomic E-state index is -0.305. The molecule has 1 fully saturated rings. The van der Waals surface area contributed by atoms with E-state index in [1.165, 1.54) is 30.5 Å². The predicted molar refractivity (Wildman–Crippen MR) is 90.4 cm³/mol. The molecule has 4 heteroatoms. The first-order chi connectivity index (χ1) is 11.8. The molecule has 0 bridgehead atoms. The van der Waals surface area contributed by atoms with Gasteiger partial charge in [0.15, 0.2) is 5.72 Å². The molecular weight excluding hydrogens is 303 g/mol. The lowest BCUT2D eigenvalue weighted by atomic mass is 9.94. The highest BCUT2D eigenvalue weighted by atomic mass is 19.1. The van der Waals surface area contributed by atoms with Gasteiger partial charge in [-0.2, -0.15) is 5.10 Å². The second-order valence-corrected chi connectivity index (χ2v) is 6.91. The maximum absolute atomic E-state index is 13.2. The summed E-state index contributed by atoms with van der Waals surface area (Å²) in [4.78, 5) is 0. The fraction of sp³-hybridized carbons (Fsp3) is 0.350. The van der Waals surface area contributed by atoms with Crippen LogP contribution in [0.1, 0.15) is 49.3 Å². The summed E-state index contributed by atoms with van der Waals surface area (Å²) >= 11 is 0. The molecule has 0 aromatic heterocycles. The van der Waals surface area contributed by atoms with Crippen LogP contribution in [-0.2, 0) is 0 Å². The van der Waals surface area contributed by atoms with Gasteiger partial charge in [-0.3, -0.25) is 0 Å². The Labute approximate surface area is 140 Å². The van der Waals surface area contributed by atoms with Crippen LogP contribution in [0.4, 0.5) is 4.39 Å². The minimum Gasteiger partial charge on any atom is -0.466 e. The number of benzene rings is 2. The highest BCUT2D eigenvalue weighted by molar-refractivity contribution is 6.01. The van der Waals surface area contributed by atoms with E-state index >= 15 is 0 Å². The summed E-state index contributed by atoms with van der Waals surface area (Å²) in [6, 6.07) is 15.2. The molecule has 1 aliphatic carbocycles. The monoisotopic (exact) mass is 322 g/mol. The third-order valence-electron chi connectivity index (χ3n) is 5.47. The number of para-hydroxylation sites is 1. The van der Waals surface area contributed by atoms with E-state index in [1.54, 1.807) is 0 Å². The van der Waals surface area contributed by atoms with Gasteiger partial charge in [-0.05, 0) is 36.6 Å². The first-order valence-electron chi connectivity index (χ1n) is 8.66. The molecule has 1 atom stereocenters. The van der Waals surface area contributed by atoms with E-state index in [0.717, 1.165) is 36.3 Å². The summed E-state index contributed by atoms with van der Waals surface area (Å²) in [5.41, 5.74) is 2.92.